The maximum Gasteiger partial charge on any atom is 0.418 e. The smallest absolute Gasteiger partial charge is 0.358 e. The maximum atomic E-state index is 13.0. The van der Waals surface area contributed by atoms with Crippen molar-refractivity contribution in [3.63, 3.8) is 0 Å². The zero-order valence-electron chi connectivity index (χ0n) is 13.8. The van der Waals surface area contributed by atoms with Crippen molar-refractivity contribution in [3.05, 3.63) is 64.8 Å². The van der Waals surface area contributed by atoms with Gasteiger partial charge in [0.25, 0.3) is 0 Å². The summed E-state index contributed by atoms with van der Waals surface area (Å²) in [5.41, 5.74) is 2.50. The molecule has 0 saturated carbocycles. The highest BCUT2D eigenvalue weighted by atomic mass is 19.4. The van der Waals surface area contributed by atoms with E-state index in [1.54, 1.807) is 0 Å². The predicted octanol–water partition coefficient (Wildman–Crippen LogP) is 4.98. The third-order valence-electron chi connectivity index (χ3n) is 4.12. The predicted molar refractivity (Wildman–Crippen MR) is 91.6 cm³/mol. The number of hydrogen-bond donors (Lipinski definition) is 2. The molecule has 0 aliphatic rings. The molecule has 0 fully saturated rings. The summed E-state index contributed by atoms with van der Waals surface area (Å²) < 4.78 is 39.1. The standard InChI is InChI=1S/C19H17F3N2O/c1-11-7-8-16-14(9-11)13(12(2)23-16)10-18(25)24-17-6-4-3-5-15(17)19(20,21)22/h3-9,23H,10H2,1-2H3,(H,24,25). The van der Waals surface area contributed by atoms with Gasteiger partial charge in [-0.05, 0) is 43.7 Å². The Morgan fingerprint density at radius 1 is 1.12 bits per heavy atom. The Morgan fingerprint density at radius 2 is 1.84 bits per heavy atom. The molecule has 6 heteroatoms. The average Bonchev–Trinajstić information content (AvgIpc) is 2.82. The summed E-state index contributed by atoms with van der Waals surface area (Å²) in [5.74, 6) is -0.484. The Morgan fingerprint density at radius 3 is 2.56 bits per heavy atom. The van der Waals surface area contributed by atoms with Crippen LogP contribution in [0.15, 0.2) is 42.5 Å². The zero-order chi connectivity index (χ0) is 18.2. The summed E-state index contributed by atoms with van der Waals surface area (Å²) in [5, 5.41) is 3.30. The minimum absolute atomic E-state index is 0.00147. The Bertz CT molecular complexity index is 941. The van der Waals surface area contributed by atoms with Gasteiger partial charge >= 0.3 is 6.18 Å². The van der Waals surface area contributed by atoms with Crippen molar-refractivity contribution in [2.45, 2.75) is 26.4 Å². The lowest BCUT2D eigenvalue weighted by Crippen LogP contribution is -2.18. The molecule has 1 heterocycles. The van der Waals surface area contributed by atoms with Crippen molar-refractivity contribution in [2.75, 3.05) is 5.32 Å². The van der Waals surface area contributed by atoms with Gasteiger partial charge in [0.05, 0.1) is 17.7 Å². The van der Waals surface area contributed by atoms with E-state index >= 15 is 0 Å². The average molecular weight is 346 g/mol. The fourth-order valence-corrected chi connectivity index (χ4v) is 2.92. The Balaban J connectivity index is 1.88. The zero-order valence-corrected chi connectivity index (χ0v) is 13.8. The van der Waals surface area contributed by atoms with Gasteiger partial charge in [-0.1, -0.05) is 23.8 Å². The van der Waals surface area contributed by atoms with Gasteiger partial charge in [-0.25, -0.2) is 0 Å². The van der Waals surface area contributed by atoms with Crippen molar-refractivity contribution in [2.24, 2.45) is 0 Å². The van der Waals surface area contributed by atoms with Crippen LogP contribution in [0.2, 0.25) is 0 Å². The number of benzene rings is 2. The number of carbonyl (C=O) groups excluding carboxylic acids is 1. The van der Waals surface area contributed by atoms with Gasteiger partial charge in [-0.15, -0.1) is 0 Å². The summed E-state index contributed by atoms with van der Waals surface area (Å²) in [6.45, 7) is 3.80. The number of aromatic amines is 1. The molecular weight excluding hydrogens is 329 g/mol. The third kappa shape index (κ3) is 3.52. The molecule has 0 aliphatic carbocycles. The van der Waals surface area contributed by atoms with E-state index in [9.17, 15) is 18.0 Å². The van der Waals surface area contributed by atoms with Crippen LogP contribution in [0.5, 0.6) is 0 Å². The van der Waals surface area contributed by atoms with Gasteiger partial charge in [0.2, 0.25) is 5.91 Å². The third-order valence-corrected chi connectivity index (χ3v) is 4.12. The number of aryl methyl sites for hydroxylation is 2. The molecule has 0 bridgehead atoms. The number of para-hydroxylation sites is 1. The number of amides is 1. The fourth-order valence-electron chi connectivity index (χ4n) is 2.92. The number of H-pyrrole nitrogens is 1. The van der Waals surface area contributed by atoms with E-state index in [0.29, 0.717) is 0 Å². The highest BCUT2D eigenvalue weighted by molar-refractivity contribution is 5.97. The van der Waals surface area contributed by atoms with E-state index in [1.165, 1.54) is 18.2 Å². The topological polar surface area (TPSA) is 44.9 Å². The summed E-state index contributed by atoms with van der Waals surface area (Å²) in [7, 11) is 0. The number of rotatable bonds is 3. The van der Waals surface area contributed by atoms with Crippen LogP contribution in [0.4, 0.5) is 18.9 Å². The molecule has 0 saturated heterocycles. The highest BCUT2D eigenvalue weighted by Crippen LogP contribution is 2.34. The molecule has 0 spiro atoms. The van der Waals surface area contributed by atoms with Crippen LogP contribution < -0.4 is 5.32 Å². The molecule has 0 aliphatic heterocycles. The van der Waals surface area contributed by atoms with Crippen molar-refractivity contribution in [1.29, 1.82) is 0 Å². The van der Waals surface area contributed by atoms with Gasteiger partial charge in [-0.2, -0.15) is 13.2 Å². The van der Waals surface area contributed by atoms with E-state index in [4.69, 9.17) is 0 Å². The first-order valence-electron chi connectivity index (χ1n) is 7.79. The quantitative estimate of drug-likeness (QED) is 0.690. The number of anilines is 1. The molecule has 0 unspecified atom stereocenters. The fraction of sp³-hybridized carbons (Fsp3) is 0.211. The molecular formula is C19H17F3N2O. The van der Waals surface area contributed by atoms with E-state index in [1.807, 2.05) is 32.0 Å². The monoisotopic (exact) mass is 346 g/mol. The number of carbonyl (C=O) groups is 1. The number of alkyl halides is 3. The van der Waals surface area contributed by atoms with E-state index in [-0.39, 0.29) is 12.1 Å². The van der Waals surface area contributed by atoms with E-state index in [0.717, 1.165) is 33.8 Å². The van der Waals surface area contributed by atoms with Crippen molar-refractivity contribution in [1.82, 2.24) is 4.98 Å². The van der Waals surface area contributed by atoms with Gasteiger partial charge in [-0.3, -0.25) is 4.79 Å². The van der Waals surface area contributed by atoms with Gasteiger partial charge in [0, 0.05) is 16.6 Å². The molecule has 0 radical (unpaired) electrons. The Labute approximate surface area is 142 Å². The summed E-state index contributed by atoms with van der Waals surface area (Å²) in [6, 6.07) is 10.8. The number of halogens is 3. The second kappa shape index (κ2) is 6.27. The minimum Gasteiger partial charge on any atom is -0.358 e. The van der Waals surface area contributed by atoms with Gasteiger partial charge in [0.1, 0.15) is 0 Å². The number of nitrogens with one attached hydrogen (secondary N) is 2. The first-order chi connectivity index (χ1) is 11.8. The molecule has 2 N–H and O–H groups in total. The second-order valence-electron chi connectivity index (χ2n) is 6.05. The minimum atomic E-state index is -4.52. The van der Waals surface area contributed by atoms with Crippen LogP contribution in [0.25, 0.3) is 10.9 Å². The van der Waals surface area contributed by atoms with E-state index < -0.39 is 17.6 Å². The Kier molecular flexibility index (Phi) is 4.29. The second-order valence-corrected chi connectivity index (χ2v) is 6.05. The molecule has 25 heavy (non-hydrogen) atoms. The van der Waals surface area contributed by atoms with Crippen LogP contribution in [0, 0.1) is 13.8 Å². The Hall–Kier alpha value is -2.76. The lowest BCUT2D eigenvalue weighted by atomic mass is 10.1. The van der Waals surface area contributed by atoms with Crippen molar-refractivity contribution in [3.8, 4) is 0 Å². The molecule has 2 aromatic carbocycles. The van der Waals surface area contributed by atoms with Crippen LogP contribution in [0.1, 0.15) is 22.4 Å². The highest BCUT2D eigenvalue weighted by Gasteiger charge is 2.33. The van der Waals surface area contributed by atoms with Crippen LogP contribution >= 0.6 is 0 Å². The number of aromatic nitrogens is 1. The summed E-state index contributed by atoms with van der Waals surface area (Å²) in [6.07, 6.45) is -4.51. The number of hydrogen-bond acceptors (Lipinski definition) is 1. The van der Waals surface area contributed by atoms with Crippen LogP contribution in [0.3, 0.4) is 0 Å². The van der Waals surface area contributed by atoms with E-state index in [2.05, 4.69) is 10.3 Å². The molecule has 130 valence electrons. The summed E-state index contributed by atoms with van der Waals surface area (Å²) >= 11 is 0. The van der Waals surface area contributed by atoms with Gasteiger partial charge in [0.15, 0.2) is 0 Å². The number of fused-ring (bicyclic) bond motifs is 1. The van der Waals surface area contributed by atoms with Crippen LogP contribution in [-0.4, -0.2) is 10.9 Å². The van der Waals surface area contributed by atoms with Crippen molar-refractivity contribution >= 4 is 22.5 Å². The lowest BCUT2D eigenvalue weighted by molar-refractivity contribution is -0.137. The molecule has 0 atom stereocenters. The largest absolute Gasteiger partial charge is 0.418 e. The molecule has 1 amide bonds. The maximum absolute atomic E-state index is 13.0. The summed E-state index contributed by atoms with van der Waals surface area (Å²) in [4.78, 5) is 15.5. The van der Waals surface area contributed by atoms with Crippen molar-refractivity contribution < 1.29 is 18.0 Å². The normalized spacial score (nSPS) is 11.7. The molecule has 1 aromatic heterocycles. The molecule has 3 nitrogen and oxygen atoms in total. The van der Waals surface area contributed by atoms with Gasteiger partial charge < -0.3 is 10.3 Å². The molecule has 3 aromatic rings. The lowest BCUT2D eigenvalue weighted by Gasteiger charge is -2.13. The first-order valence-corrected chi connectivity index (χ1v) is 7.79. The molecule has 3 rings (SSSR count). The first kappa shape index (κ1) is 17.1. The SMILES string of the molecule is Cc1ccc2[nH]c(C)c(CC(=O)Nc3ccccc3C(F)(F)F)c2c1. The van der Waals surface area contributed by atoms with Crippen LogP contribution in [-0.2, 0) is 17.4 Å².